The number of aryl methyl sites for hydroxylation is 3. The molecule has 0 atom stereocenters. The van der Waals surface area contributed by atoms with Gasteiger partial charge in [0.2, 0.25) is 0 Å². The highest BCUT2D eigenvalue weighted by Crippen LogP contribution is 2.24. The molecule has 0 aliphatic rings. The second kappa shape index (κ2) is 10.6. The van der Waals surface area contributed by atoms with Crippen molar-refractivity contribution < 1.29 is 14.3 Å². The number of aromatic nitrogens is 2. The van der Waals surface area contributed by atoms with Gasteiger partial charge in [-0.2, -0.15) is 5.10 Å². The number of ether oxygens (including phenoxy) is 2. The van der Waals surface area contributed by atoms with E-state index in [9.17, 15) is 9.59 Å². The Balaban J connectivity index is 1.56. The molecule has 0 spiro atoms. The standard InChI is InChI=1S/C25H29N3O4/c1-5-31-21-8-6-20(7-9-21)22-10-11-24(30)28(27-22)13-12-26-23(29)16-32-25-18(3)14-17(2)15-19(25)4/h6-11,14-15H,5,12-13,16H2,1-4H3,(H,26,29). The number of amides is 1. The fourth-order valence-electron chi connectivity index (χ4n) is 3.54. The zero-order valence-corrected chi connectivity index (χ0v) is 19.0. The van der Waals surface area contributed by atoms with Crippen LogP contribution in [0.15, 0.2) is 53.3 Å². The summed E-state index contributed by atoms with van der Waals surface area (Å²) in [6, 6.07) is 14.7. The third-order valence-corrected chi connectivity index (χ3v) is 4.93. The van der Waals surface area contributed by atoms with E-state index in [-0.39, 0.29) is 31.2 Å². The first-order chi connectivity index (χ1) is 15.4. The lowest BCUT2D eigenvalue weighted by molar-refractivity contribution is -0.123. The number of nitrogens with zero attached hydrogens (tertiary/aromatic N) is 2. The molecule has 0 bridgehead atoms. The molecule has 3 aromatic rings. The Morgan fingerprint density at radius 2 is 1.69 bits per heavy atom. The quantitative estimate of drug-likeness (QED) is 0.557. The Labute approximate surface area is 188 Å². The van der Waals surface area contributed by atoms with Crippen LogP contribution in [0.1, 0.15) is 23.6 Å². The summed E-state index contributed by atoms with van der Waals surface area (Å²) in [5.74, 6) is 1.26. The molecule has 32 heavy (non-hydrogen) atoms. The van der Waals surface area contributed by atoms with Crippen molar-refractivity contribution in [3.63, 3.8) is 0 Å². The minimum Gasteiger partial charge on any atom is -0.494 e. The van der Waals surface area contributed by atoms with Crippen molar-refractivity contribution in [2.45, 2.75) is 34.2 Å². The van der Waals surface area contributed by atoms with Gasteiger partial charge in [-0.05, 0) is 69.2 Å². The van der Waals surface area contributed by atoms with E-state index >= 15 is 0 Å². The second-order valence-corrected chi connectivity index (χ2v) is 7.60. The van der Waals surface area contributed by atoms with E-state index in [1.54, 1.807) is 6.07 Å². The first kappa shape index (κ1) is 23.1. The Morgan fingerprint density at radius 1 is 1.00 bits per heavy atom. The molecule has 7 nitrogen and oxygen atoms in total. The zero-order valence-electron chi connectivity index (χ0n) is 19.0. The smallest absolute Gasteiger partial charge is 0.266 e. The Hall–Kier alpha value is -3.61. The van der Waals surface area contributed by atoms with Crippen molar-refractivity contribution in [1.29, 1.82) is 0 Å². The van der Waals surface area contributed by atoms with E-state index in [1.165, 1.54) is 10.7 Å². The highest BCUT2D eigenvalue weighted by Gasteiger charge is 2.09. The summed E-state index contributed by atoms with van der Waals surface area (Å²) in [6.45, 7) is 8.93. The average Bonchev–Trinajstić information content (AvgIpc) is 2.75. The largest absolute Gasteiger partial charge is 0.494 e. The normalized spacial score (nSPS) is 10.6. The second-order valence-electron chi connectivity index (χ2n) is 7.60. The summed E-state index contributed by atoms with van der Waals surface area (Å²) in [7, 11) is 0. The molecule has 0 aliphatic heterocycles. The van der Waals surface area contributed by atoms with Crippen LogP contribution in [-0.4, -0.2) is 35.4 Å². The van der Waals surface area contributed by atoms with E-state index in [0.29, 0.717) is 12.3 Å². The monoisotopic (exact) mass is 435 g/mol. The molecular weight excluding hydrogens is 406 g/mol. The molecule has 0 saturated carbocycles. The van der Waals surface area contributed by atoms with Gasteiger partial charge in [0.05, 0.1) is 18.8 Å². The van der Waals surface area contributed by atoms with Gasteiger partial charge in [0, 0.05) is 18.2 Å². The number of hydrogen-bond donors (Lipinski definition) is 1. The summed E-state index contributed by atoms with van der Waals surface area (Å²) in [5.41, 5.74) is 4.48. The van der Waals surface area contributed by atoms with E-state index < -0.39 is 0 Å². The molecule has 7 heteroatoms. The van der Waals surface area contributed by atoms with Gasteiger partial charge in [-0.25, -0.2) is 4.68 Å². The molecular formula is C25H29N3O4. The molecule has 1 heterocycles. The predicted molar refractivity (Wildman–Crippen MR) is 124 cm³/mol. The highest BCUT2D eigenvalue weighted by atomic mass is 16.5. The first-order valence-electron chi connectivity index (χ1n) is 10.7. The average molecular weight is 436 g/mol. The van der Waals surface area contributed by atoms with E-state index in [0.717, 1.165) is 33.8 Å². The van der Waals surface area contributed by atoms with Crippen LogP contribution in [0.3, 0.4) is 0 Å². The van der Waals surface area contributed by atoms with Crippen molar-refractivity contribution in [3.05, 3.63) is 75.6 Å². The number of carbonyl (C=O) groups excluding carboxylic acids is 1. The van der Waals surface area contributed by atoms with Gasteiger partial charge < -0.3 is 14.8 Å². The predicted octanol–water partition coefficient (Wildman–Crippen LogP) is 3.43. The van der Waals surface area contributed by atoms with E-state index in [4.69, 9.17) is 9.47 Å². The maximum absolute atomic E-state index is 12.2. The third kappa shape index (κ3) is 5.97. The van der Waals surface area contributed by atoms with Gasteiger partial charge in [-0.1, -0.05) is 17.7 Å². The lowest BCUT2D eigenvalue weighted by Gasteiger charge is -2.13. The summed E-state index contributed by atoms with van der Waals surface area (Å²) in [6.07, 6.45) is 0. The molecule has 3 rings (SSSR count). The molecule has 1 aromatic heterocycles. The molecule has 0 unspecified atom stereocenters. The lowest BCUT2D eigenvalue weighted by atomic mass is 10.1. The van der Waals surface area contributed by atoms with Crippen LogP contribution >= 0.6 is 0 Å². The maximum Gasteiger partial charge on any atom is 0.266 e. The number of benzene rings is 2. The molecule has 0 fully saturated rings. The SMILES string of the molecule is CCOc1ccc(-c2ccc(=O)n(CCNC(=O)COc3c(C)cc(C)cc3C)n2)cc1. The van der Waals surface area contributed by atoms with Crippen LogP contribution in [0.4, 0.5) is 0 Å². The fourth-order valence-corrected chi connectivity index (χ4v) is 3.54. The van der Waals surface area contributed by atoms with Gasteiger partial charge in [0.1, 0.15) is 11.5 Å². The zero-order chi connectivity index (χ0) is 23.1. The van der Waals surface area contributed by atoms with E-state index in [1.807, 2.05) is 64.1 Å². The molecule has 1 N–H and O–H groups in total. The van der Waals surface area contributed by atoms with Crippen LogP contribution in [-0.2, 0) is 11.3 Å². The summed E-state index contributed by atoms with van der Waals surface area (Å²) < 4.78 is 12.5. The third-order valence-electron chi connectivity index (χ3n) is 4.93. The number of hydrogen-bond acceptors (Lipinski definition) is 5. The summed E-state index contributed by atoms with van der Waals surface area (Å²) in [4.78, 5) is 24.4. The van der Waals surface area contributed by atoms with Gasteiger partial charge in [0.15, 0.2) is 6.61 Å². The first-order valence-corrected chi connectivity index (χ1v) is 10.7. The molecule has 0 radical (unpaired) electrons. The fraction of sp³-hybridized carbons (Fsp3) is 0.320. The molecule has 168 valence electrons. The van der Waals surface area contributed by atoms with Gasteiger partial charge in [-0.3, -0.25) is 9.59 Å². The number of nitrogens with one attached hydrogen (secondary N) is 1. The minimum atomic E-state index is -0.250. The maximum atomic E-state index is 12.2. The van der Waals surface area contributed by atoms with Gasteiger partial charge in [-0.15, -0.1) is 0 Å². The summed E-state index contributed by atoms with van der Waals surface area (Å²) >= 11 is 0. The number of carbonyl (C=O) groups is 1. The molecule has 0 aliphatic carbocycles. The molecule has 0 saturated heterocycles. The van der Waals surface area contributed by atoms with Crippen molar-refractivity contribution in [3.8, 4) is 22.8 Å². The molecule has 1 amide bonds. The van der Waals surface area contributed by atoms with Gasteiger partial charge in [0.25, 0.3) is 11.5 Å². The van der Waals surface area contributed by atoms with Crippen LogP contribution in [0.25, 0.3) is 11.3 Å². The number of rotatable bonds is 9. The van der Waals surface area contributed by atoms with Crippen LogP contribution in [0.5, 0.6) is 11.5 Å². The van der Waals surface area contributed by atoms with Crippen LogP contribution in [0.2, 0.25) is 0 Å². The van der Waals surface area contributed by atoms with Crippen molar-refractivity contribution in [1.82, 2.24) is 15.1 Å². The van der Waals surface area contributed by atoms with Crippen LogP contribution < -0.4 is 20.3 Å². The highest BCUT2D eigenvalue weighted by molar-refractivity contribution is 5.77. The van der Waals surface area contributed by atoms with E-state index in [2.05, 4.69) is 10.4 Å². The van der Waals surface area contributed by atoms with Crippen molar-refractivity contribution in [2.75, 3.05) is 19.8 Å². The van der Waals surface area contributed by atoms with Gasteiger partial charge >= 0.3 is 0 Å². The van der Waals surface area contributed by atoms with Crippen molar-refractivity contribution in [2.24, 2.45) is 0 Å². The molecule has 2 aromatic carbocycles. The Morgan fingerprint density at radius 3 is 2.34 bits per heavy atom. The summed E-state index contributed by atoms with van der Waals surface area (Å²) in [5, 5.41) is 7.20. The lowest BCUT2D eigenvalue weighted by Crippen LogP contribution is -2.34. The van der Waals surface area contributed by atoms with Crippen LogP contribution in [0, 0.1) is 20.8 Å². The van der Waals surface area contributed by atoms with Crippen molar-refractivity contribution >= 4 is 5.91 Å². The topological polar surface area (TPSA) is 82.5 Å². The Bertz CT molecular complexity index is 1110. The minimum absolute atomic E-state index is 0.0840. The Kier molecular flexibility index (Phi) is 7.65.